The summed E-state index contributed by atoms with van der Waals surface area (Å²) in [6.45, 7) is 3.17. The van der Waals surface area contributed by atoms with Gasteiger partial charge in [0.25, 0.3) is 0 Å². The molecule has 3 heterocycles. The highest BCUT2D eigenvalue weighted by atomic mass is 127. The molecule has 4 rings (SSSR count). The molecular formula is C17H15ClIN3OS. The van der Waals surface area contributed by atoms with E-state index in [2.05, 4.69) is 39.4 Å². The van der Waals surface area contributed by atoms with Crippen LogP contribution in [0.1, 0.15) is 30.3 Å². The van der Waals surface area contributed by atoms with Crippen molar-refractivity contribution in [3.8, 4) is 5.75 Å². The number of nitrogens with zero attached hydrogens (tertiary/aromatic N) is 3. The van der Waals surface area contributed by atoms with Gasteiger partial charge in [-0.1, -0.05) is 36.4 Å². The molecule has 1 aromatic carbocycles. The van der Waals surface area contributed by atoms with Crippen molar-refractivity contribution in [3.63, 3.8) is 0 Å². The number of thioether (sulfide) groups is 1. The van der Waals surface area contributed by atoms with Gasteiger partial charge in [0.05, 0.1) is 20.3 Å². The lowest BCUT2D eigenvalue weighted by molar-refractivity contribution is 0.321. The lowest BCUT2D eigenvalue weighted by Crippen LogP contribution is -2.28. The highest BCUT2D eigenvalue weighted by Gasteiger charge is 2.43. The highest BCUT2D eigenvalue weighted by Crippen LogP contribution is 2.48. The van der Waals surface area contributed by atoms with E-state index in [1.165, 1.54) is 0 Å². The van der Waals surface area contributed by atoms with Crippen LogP contribution in [0, 0.1) is 3.57 Å². The first-order valence-corrected chi connectivity index (χ1v) is 9.98. The van der Waals surface area contributed by atoms with Gasteiger partial charge in [0, 0.05) is 18.0 Å². The van der Waals surface area contributed by atoms with Gasteiger partial charge in [-0.3, -0.25) is 9.98 Å². The van der Waals surface area contributed by atoms with Crippen molar-refractivity contribution in [2.75, 3.05) is 6.54 Å². The Morgan fingerprint density at radius 3 is 2.92 bits per heavy atom. The monoisotopic (exact) mass is 471 g/mol. The molecule has 0 amide bonds. The van der Waals surface area contributed by atoms with E-state index in [9.17, 15) is 5.11 Å². The van der Waals surface area contributed by atoms with Crippen molar-refractivity contribution in [3.05, 3.63) is 56.4 Å². The molecule has 2 aromatic rings. The van der Waals surface area contributed by atoms with E-state index in [-0.39, 0.29) is 17.8 Å². The molecule has 7 heteroatoms. The molecule has 24 heavy (non-hydrogen) atoms. The Morgan fingerprint density at radius 1 is 1.38 bits per heavy atom. The molecular weight excluding hydrogens is 457 g/mol. The summed E-state index contributed by atoms with van der Waals surface area (Å²) in [5.74, 6) is 0.138. The summed E-state index contributed by atoms with van der Waals surface area (Å²) in [5, 5.41) is 12.0. The average molecular weight is 472 g/mol. The number of halogens is 2. The van der Waals surface area contributed by atoms with Crippen LogP contribution in [0.5, 0.6) is 5.75 Å². The Hall–Kier alpha value is -0.990. The van der Waals surface area contributed by atoms with E-state index in [0.29, 0.717) is 10.3 Å². The summed E-state index contributed by atoms with van der Waals surface area (Å²) in [6, 6.07) is 9.77. The molecule has 4 nitrogen and oxygen atoms in total. The molecule has 0 radical (unpaired) electrons. The van der Waals surface area contributed by atoms with Crippen LogP contribution in [0.25, 0.3) is 0 Å². The van der Waals surface area contributed by atoms with E-state index >= 15 is 0 Å². The van der Waals surface area contributed by atoms with Gasteiger partial charge >= 0.3 is 0 Å². The van der Waals surface area contributed by atoms with Crippen molar-refractivity contribution in [1.29, 1.82) is 0 Å². The fourth-order valence-corrected chi connectivity index (χ4v) is 5.36. The maximum atomic E-state index is 9.99. The van der Waals surface area contributed by atoms with E-state index in [4.69, 9.17) is 16.6 Å². The number of aromatic hydroxyl groups is 1. The number of fused-ring (bicyclic) bond motifs is 1. The molecule has 0 spiro atoms. The molecule has 3 unspecified atom stereocenters. The average Bonchev–Trinajstić information content (AvgIpc) is 3.08. The first-order chi connectivity index (χ1) is 11.5. The van der Waals surface area contributed by atoms with Crippen LogP contribution < -0.4 is 0 Å². The number of pyridine rings is 1. The number of phenolic OH excluding ortho intramolecular Hbond substituents is 1. The van der Waals surface area contributed by atoms with Crippen LogP contribution in [0.15, 0.2) is 41.5 Å². The van der Waals surface area contributed by atoms with Gasteiger partial charge in [-0.2, -0.15) is 0 Å². The van der Waals surface area contributed by atoms with Gasteiger partial charge in [-0.25, -0.2) is 0 Å². The Kier molecular flexibility index (Phi) is 4.38. The van der Waals surface area contributed by atoms with E-state index < -0.39 is 0 Å². The van der Waals surface area contributed by atoms with Crippen LogP contribution in [0.4, 0.5) is 0 Å². The molecule has 1 fully saturated rings. The standard InChI is InChI=1S/C17H15ClIN3OS/c1-9-8-22-15(10-6-11(18)16(23)12(19)7-10)14(21-17(22)24-9)13-4-2-3-5-20-13/h2-7,9,14-15,23H,8H2,1H3. The summed E-state index contributed by atoms with van der Waals surface area (Å²) in [4.78, 5) is 11.8. The predicted molar refractivity (Wildman–Crippen MR) is 107 cm³/mol. The molecule has 2 aliphatic heterocycles. The zero-order chi connectivity index (χ0) is 16.8. The van der Waals surface area contributed by atoms with Gasteiger partial charge in [-0.05, 0) is 52.4 Å². The van der Waals surface area contributed by atoms with E-state index in [1.54, 1.807) is 6.20 Å². The Bertz CT molecular complexity index is 794. The van der Waals surface area contributed by atoms with Crippen LogP contribution in [-0.4, -0.2) is 32.0 Å². The Labute approximate surface area is 163 Å². The minimum absolute atomic E-state index is 0.0546. The molecule has 3 atom stereocenters. The number of hydrogen-bond donors (Lipinski definition) is 1. The molecule has 0 bridgehead atoms. The lowest BCUT2D eigenvalue weighted by atomic mass is 9.96. The third kappa shape index (κ3) is 2.78. The van der Waals surface area contributed by atoms with Gasteiger partial charge < -0.3 is 10.0 Å². The molecule has 2 aliphatic rings. The number of aliphatic imine (C=N–C) groups is 1. The van der Waals surface area contributed by atoms with E-state index in [1.807, 2.05) is 42.1 Å². The Balaban J connectivity index is 1.81. The number of amidine groups is 1. The molecule has 0 aliphatic carbocycles. The van der Waals surface area contributed by atoms with Crippen LogP contribution in [-0.2, 0) is 0 Å². The maximum Gasteiger partial charge on any atom is 0.160 e. The van der Waals surface area contributed by atoms with Crippen LogP contribution in [0.2, 0.25) is 5.02 Å². The van der Waals surface area contributed by atoms with Crippen molar-refractivity contribution < 1.29 is 5.11 Å². The summed E-state index contributed by atoms with van der Waals surface area (Å²) in [5.41, 5.74) is 2.02. The highest BCUT2D eigenvalue weighted by molar-refractivity contribution is 14.1. The molecule has 1 saturated heterocycles. The maximum absolute atomic E-state index is 9.99. The second-order valence-electron chi connectivity index (χ2n) is 5.97. The number of benzene rings is 1. The fourth-order valence-electron chi connectivity index (χ4n) is 3.23. The zero-order valence-electron chi connectivity index (χ0n) is 12.9. The second kappa shape index (κ2) is 6.38. The van der Waals surface area contributed by atoms with Gasteiger partial charge in [0.1, 0.15) is 11.8 Å². The van der Waals surface area contributed by atoms with Gasteiger partial charge in [-0.15, -0.1) is 0 Å². The first kappa shape index (κ1) is 16.5. The lowest BCUT2D eigenvalue weighted by Gasteiger charge is -2.27. The summed E-state index contributed by atoms with van der Waals surface area (Å²) >= 11 is 10.2. The zero-order valence-corrected chi connectivity index (χ0v) is 16.6. The number of rotatable bonds is 2. The van der Waals surface area contributed by atoms with Gasteiger partial charge in [0.2, 0.25) is 0 Å². The van der Waals surface area contributed by atoms with Crippen molar-refractivity contribution in [2.45, 2.75) is 24.3 Å². The van der Waals surface area contributed by atoms with Crippen LogP contribution >= 0.6 is 46.0 Å². The van der Waals surface area contributed by atoms with Crippen molar-refractivity contribution in [2.24, 2.45) is 4.99 Å². The fraction of sp³-hybridized carbons (Fsp3) is 0.294. The topological polar surface area (TPSA) is 48.7 Å². The van der Waals surface area contributed by atoms with Crippen molar-refractivity contribution in [1.82, 2.24) is 9.88 Å². The SMILES string of the molecule is CC1CN2C(=NC(c3ccccn3)C2c2cc(Cl)c(O)c(I)c2)S1. The van der Waals surface area contributed by atoms with E-state index in [0.717, 1.165) is 26.5 Å². The second-order valence-corrected chi connectivity index (χ2v) is 8.94. The third-order valence-corrected chi connectivity index (χ3v) is 6.47. The molecule has 0 saturated carbocycles. The quantitative estimate of drug-likeness (QED) is 0.649. The first-order valence-electron chi connectivity index (χ1n) is 7.64. The van der Waals surface area contributed by atoms with Crippen molar-refractivity contribution >= 4 is 51.1 Å². The van der Waals surface area contributed by atoms with Gasteiger partial charge in [0.15, 0.2) is 5.17 Å². The largest absolute Gasteiger partial charge is 0.505 e. The Morgan fingerprint density at radius 2 is 2.21 bits per heavy atom. The van der Waals surface area contributed by atoms with Crippen LogP contribution in [0.3, 0.4) is 0 Å². The predicted octanol–water partition coefficient (Wildman–Crippen LogP) is 4.63. The molecule has 124 valence electrons. The molecule has 1 N–H and O–H groups in total. The minimum atomic E-state index is -0.0578. The minimum Gasteiger partial charge on any atom is -0.505 e. The summed E-state index contributed by atoms with van der Waals surface area (Å²) < 4.78 is 0.753. The smallest absolute Gasteiger partial charge is 0.160 e. The normalized spacial score (nSPS) is 25.7. The summed E-state index contributed by atoms with van der Waals surface area (Å²) in [7, 11) is 0. The number of aromatic nitrogens is 1. The molecule has 1 aromatic heterocycles. The number of phenols is 1. The third-order valence-electron chi connectivity index (χ3n) is 4.26. The summed E-state index contributed by atoms with van der Waals surface area (Å²) in [6.07, 6.45) is 1.80. The number of hydrogen-bond acceptors (Lipinski definition) is 5.